The average Bonchev–Trinajstić information content (AvgIpc) is 3.17. The highest BCUT2D eigenvalue weighted by Crippen LogP contribution is 2.44. The summed E-state index contributed by atoms with van der Waals surface area (Å²) in [5, 5.41) is 14.3. The molecule has 1 aromatic heterocycles. The van der Waals surface area contributed by atoms with Gasteiger partial charge in [-0.15, -0.1) is 0 Å². The number of rotatable bonds is 9. The molecule has 180 valence electrons. The molecule has 0 unspecified atom stereocenters. The predicted molar refractivity (Wildman–Crippen MR) is 131 cm³/mol. The molecule has 8 heteroatoms. The van der Waals surface area contributed by atoms with Crippen LogP contribution in [-0.4, -0.2) is 40.7 Å². The minimum Gasteiger partial charge on any atom is -0.481 e. The maximum atomic E-state index is 12.5. The third-order valence-corrected chi connectivity index (χ3v) is 6.03. The third kappa shape index (κ3) is 5.84. The number of amides is 2. The molecule has 0 aliphatic heterocycles. The Morgan fingerprint density at radius 3 is 2.23 bits per heavy atom. The van der Waals surface area contributed by atoms with Crippen LogP contribution in [0.3, 0.4) is 0 Å². The van der Waals surface area contributed by atoms with E-state index in [4.69, 9.17) is 9.84 Å². The molecule has 35 heavy (non-hydrogen) atoms. The number of aromatic nitrogens is 1. The van der Waals surface area contributed by atoms with E-state index in [0.717, 1.165) is 22.3 Å². The number of carbonyl (C=O) groups is 3. The molecule has 0 bridgehead atoms. The monoisotopic (exact) mass is 473 g/mol. The Bertz CT molecular complexity index is 1180. The summed E-state index contributed by atoms with van der Waals surface area (Å²) in [5.41, 5.74) is 5.45. The van der Waals surface area contributed by atoms with E-state index < -0.39 is 18.1 Å². The first-order valence-electron chi connectivity index (χ1n) is 11.5. The topological polar surface area (TPSA) is 118 Å². The quantitative estimate of drug-likeness (QED) is 0.425. The van der Waals surface area contributed by atoms with Crippen molar-refractivity contribution < 1.29 is 24.2 Å². The zero-order chi connectivity index (χ0) is 24.8. The zero-order valence-electron chi connectivity index (χ0n) is 19.4. The van der Waals surface area contributed by atoms with Gasteiger partial charge < -0.3 is 20.5 Å². The molecule has 0 saturated carbocycles. The lowest BCUT2D eigenvalue weighted by molar-refractivity contribution is -0.136. The number of carboxylic acid groups (broad SMARTS) is 1. The molecule has 4 rings (SSSR count). The first kappa shape index (κ1) is 23.9. The number of nitrogens with zero attached hydrogens (tertiary/aromatic N) is 1. The summed E-state index contributed by atoms with van der Waals surface area (Å²) in [6.07, 6.45) is 1.28. The van der Waals surface area contributed by atoms with Crippen LogP contribution in [0.4, 0.5) is 10.5 Å². The Morgan fingerprint density at radius 1 is 1.00 bits per heavy atom. The van der Waals surface area contributed by atoms with E-state index in [1.165, 1.54) is 6.20 Å². The van der Waals surface area contributed by atoms with Crippen molar-refractivity contribution in [3.05, 3.63) is 83.7 Å². The lowest BCUT2D eigenvalue weighted by Crippen LogP contribution is -2.38. The van der Waals surface area contributed by atoms with Gasteiger partial charge in [-0.05, 0) is 40.8 Å². The maximum Gasteiger partial charge on any atom is 0.407 e. The van der Waals surface area contributed by atoms with Crippen LogP contribution >= 0.6 is 0 Å². The number of hydrogen-bond donors (Lipinski definition) is 3. The zero-order valence-corrected chi connectivity index (χ0v) is 19.4. The van der Waals surface area contributed by atoms with Crippen molar-refractivity contribution in [2.24, 2.45) is 0 Å². The first-order chi connectivity index (χ1) is 16.9. The van der Waals surface area contributed by atoms with E-state index in [9.17, 15) is 14.4 Å². The summed E-state index contributed by atoms with van der Waals surface area (Å²) < 4.78 is 5.58. The first-order valence-corrected chi connectivity index (χ1v) is 11.5. The summed E-state index contributed by atoms with van der Waals surface area (Å²) in [6.45, 7) is 2.08. The van der Waals surface area contributed by atoms with Gasteiger partial charge in [-0.25, -0.2) is 4.79 Å². The molecule has 1 atom stereocenters. The van der Waals surface area contributed by atoms with Gasteiger partial charge in [-0.3, -0.25) is 14.6 Å². The number of ether oxygens (including phenoxy) is 1. The molecular formula is C27H27N3O5. The van der Waals surface area contributed by atoms with Crippen LogP contribution < -0.4 is 10.6 Å². The predicted octanol–water partition coefficient (Wildman–Crippen LogP) is 4.35. The van der Waals surface area contributed by atoms with Gasteiger partial charge in [0.05, 0.1) is 24.0 Å². The lowest BCUT2D eigenvalue weighted by atomic mass is 9.98. The van der Waals surface area contributed by atoms with E-state index in [-0.39, 0.29) is 31.3 Å². The second kappa shape index (κ2) is 10.8. The summed E-state index contributed by atoms with van der Waals surface area (Å²) >= 11 is 0. The second-order valence-electron chi connectivity index (χ2n) is 8.44. The van der Waals surface area contributed by atoms with Gasteiger partial charge in [0.1, 0.15) is 6.61 Å². The van der Waals surface area contributed by atoms with Crippen molar-refractivity contribution in [1.29, 1.82) is 0 Å². The number of fused-ring (bicyclic) bond motifs is 3. The Morgan fingerprint density at radius 2 is 1.66 bits per heavy atom. The van der Waals surface area contributed by atoms with Crippen LogP contribution in [0.2, 0.25) is 0 Å². The molecule has 3 aromatic rings. The molecule has 1 aliphatic rings. The van der Waals surface area contributed by atoms with Gasteiger partial charge >= 0.3 is 12.1 Å². The standard InChI is InChI=1S/C27H27N3O5/c1-2-17(13-25(31)29-19-12-11-18(28-15-19)14-26(32)33)30-27(34)35-16-24-22-9-5-3-7-20(22)21-8-4-6-10-23(21)24/h3-12,15,17,24H,2,13-14,16H2,1H3,(H,29,31)(H,30,34)(H,32,33)/t17-/m0/s1. The van der Waals surface area contributed by atoms with Crippen molar-refractivity contribution in [2.45, 2.75) is 38.1 Å². The van der Waals surface area contributed by atoms with Crippen LogP contribution in [0, 0.1) is 0 Å². The van der Waals surface area contributed by atoms with Gasteiger partial charge in [0.15, 0.2) is 0 Å². The summed E-state index contributed by atoms with van der Waals surface area (Å²) in [6, 6.07) is 19.0. The molecule has 3 N–H and O–H groups in total. The van der Waals surface area contributed by atoms with Crippen LogP contribution in [-0.2, 0) is 20.7 Å². The number of benzene rings is 2. The summed E-state index contributed by atoms with van der Waals surface area (Å²) in [7, 11) is 0. The molecule has 2 amide bonds. The second-order valence-corrected chi connectivity index (χ2v) is 8.44. The fraction of sp³-hybridized carbons (Fsp3) is 0.259. The van der Waals surface area contributed by atoms with Gasteiger partial charge in [0.25, 0.3) is 0 Å². The Labute approximate surface area is 203 Å². The van der Waals surface area contributed by atoms with Gasteiger partial charge in [-0.1, -0.05) is 55.5 Å². The molecule has 0 fully saturated rings. The van der Waals surface area contributed by atoms with Gasteiger partial charge in [-0.2, -0.15) is 0 Å². The van der Waals surface area contributed by atoms with Crippen molar-refractivity contribution >= 4 is 23.7 Å². The number of aliphatic carboxylic acids is 1. The number of anilines is 1. The average molecular weight is 474 g/mol. The Hall–Kier alpha value is -4.20. The molecule has 0 radical (unpaired) electrons. The fourth-order valence-corrected chi connectivity index (χ4v) is 4.30. The molecule has 1 aliphatic carbocycles. The number of pyridine rings is 1. The highest BCUT2D eigenvalue weighted by molar-refractivity contribution is 5.91. The Kier molecular flexibility index (Phi) is 7.40. The van der Waals surface area contributed by atoms with Crippen LogP contribution in [0.1, 0.15) is 42.5 Å². The van der Waals surface area contributed by atoms with Crippen molar-refractivity contribution in [1.82, 2.24) is 10.3 Å². The van der Waals surface area contributed by atoms with E-state index >= 15 is 0 Å². The molecule has 0 saturated heterocycles. The molecule has 2 aromatic carbocycles. The van der Waals surface area contributed by atoms with Crippen LogP contribution in [0.15, 0.2) is 66.9 Å². The normalized spacial score (nSPS) is 12.8. The molecule has 8 nitrogen and oxygen atoms in total. The number of nitrogens with one attached hydrogen (secondary N) is 2. The van der Waals surface area contributed by atoms with Gasteiger partial charge in [0.2, 0.25) is 5.91 Å². The Balaban J connectivity index is 1.30. The maximum absolute atomic E-state index is 12.5. The highest BCUT2D eigenvalue weighted by Gasteiger charge is 2.29. The number of carboxylic acids is 1. The van der Waals surface area contributed by atoms with Crippen LogP contribution in [0.5, 0.6) is 0 Å². The molecule has 0 spiro atoms. The number of carbonyl (C=O) groups excluding carboxylic acids is 2. The SMILES string of the molecule is CC[C@@H](CC(=O)Nc1ccc(CC(=O)O)nc1)NC(=O)OCC1c2ccccc2-c2ccccc21. The fourth-order valence-electron chi connectivity index (χ4n) is 4.30. The van der Waals surface area contributed by atoms with E-state index in [0.29, 0.717) is 17.8 Å². The van der Waals surface area contributed by atoms with E-state index in [1.54, 1.807) is 12.1 Å². The smallest absolute Gasteiger partial charge is 0.407 e. The minimum absolute atomic E-state index is 0.0341. The van der Waals surface area contributed by atoms with Crippen LogP contribution in [0.25, 0.3) is 11.1 Å². The van der Waals surface area contributed by atoms with Crippen molar-refractivity contribution in [2.75, 3.05) is 11.9 Å². The van der Waals surface area contributed by atoms with Crippen molar-refractivity contribution in [3.8, 4) is 11.1 Å². The largest absolute Gasteiger partial charge is 0.481 e. The number of hydrogen-bond acceptors (Lipinski definition) is 5. The lowest BCUT2D eigenvalue weighted by Gasteiger charge is -2.19. The van der Waals surface area contributed by atoms with Crippen molar-refractivity contribution in [3.63, 3.8) is 0 Å². The van der Waals surface area contributed by atoms with E-state index in [1.807, 2.05) is 31.2 Å². The van der Waals surface area contributed by atoms with E-state index in [2.05, 4.69) is 39.9 Å². The minimum atomic E-state index is -0.973. The molecule has 1 heterocycles. The molecular weight excluding hydrogens is 446 g/mol. The third-order valence-electron chi connectivity index (χ3n) is 6.03. The summed E-state index contributed by atoms with van der Waals surface area (Å²) in [5.74, 6) is -1.30. The highest BCUT2D eigenvalue weighted by atomic mass is 16.5. The van der Waals surface area contributed by atoms with Gasteiger partial charge in [0, 0.05) is 18.4 Å². The summed E-state index contributed by atoms with van der Waals surface area (Å²) in [4.78, 5) is 39.8. The number of alkyl carbamates (subject to hydrolysis) is 1.